The summed E-state index contributed by atoms with van der Waals surface area (Å²) in [7, 11) is 3.39. The fraction of sp³-hybridized carbons (Fsp3) is 0.333. The molecule has 0 radical (unpaired) electrons. The van der Waals surface area contributed by atoms with Crippen molar-refractivity contribution in [1.29, 1.82) is 0 Å². The topological polar surface area (TPSA) is 36.4 Å². The van der Waals surface area contributed by atoms with E-state index in [2.05, 4.69) is 4.98 Å². The van der Waals surface area contributed by atoms with Crippen molar-refractivity contribution in [3.05, 3.63) is 65.5 Å². The molecular weight excluding hydrogens is 331 g/mol. The molecule has 0 bridgehead atoms. The molecule has 0 aliphatic carbocycles. The average molecular weight is 351 g/mol. The third-order valence-electron chi connectivity index (χ3n) is 3.68. The molecule has 0 saturated carbocycles. The number of likely N-dealkylation sites (N-methyl/N-ethyl adjacent to an activating group) is 2. The van der Waals surface area contributed by atoms with Crippen LogP contribution in [0.25, 0.3) is 0 Å². The molecule has 4 nitrogen and oxygen atoms in total. The minimum atomic E-state index is -4.39. The molecule has 2 rings (SSSR count). The summed E-state index contributed by atoms with van der Waals surface area (Å²) in [5.41, 5.74) is 0.721. The summed E-state index contributed by atoms with van der Waals surface area (Å²) in [5, 5.41) is 0. The molecule has 0 atom stereocenters. The normalized spacial score (nSPS) is 11.6. The highest BCUT2D eigenvalue weighted by molar-refractivity contribution is 5.77. The third kappa shape index (κ3) is 5.86. The maximum atomic E-state index is 12.8. The lowest BCUT2D eigenvalue weighted by Crippen LogP contribution is -2.36. The van der Waals surface area contributed by atoms with Gasteiger partial charge >= 0.3 is 6.18 Å². The smallest absolute Gasteiger partial charge is 0.340 e. The lowest BCUT2D eigenvalue weighted by Gasteiger charge is -2.22. The number of hydrogen-bond donors (Lipinski definition) is 0. The zero-order chi connectivity index (χ0) is 18.4. The molecule has 1 heterocycles. The summed E-state index contributed by atoms with van der Waals surface area (Å²) in [6.45, 7) is 0.866. The minimum absolute atomic E-state index is 0.128. The number of rotatable bonds is 6. The van der Waals surface area contributed by atoms with E-state index >= 15 is 0 Å². The fourth-order valence-corrected chi connectivity index (χ4v) is 2.42. The van der Waals surface area contributed by atoms with Crippen molar-refractivity contribution >= 4 is 5.91 Å². The van der Waals surface area contributed by atoms with Gasteiger partial charge < -0.3 is 4.90 Å². The summed E-state index contributed by atoms with van der Waals surface area (Å²) in [5.74, 6) is -0.163. The van der Waals surface area contributed by atoms with Gasteiger partial charge in [0.2, 0.25) is 5.91 Å². The van der Waals surface area contributed by atoms with E-state index in [9.17, 15) is 18.0 Å². The van der Waals surface area contributed by atoms with Crippen molar-refractivity contribution in [3.63, 3.8) is 0 Å². The molecule has 0 saturated heterocycles. The van der Waals surface area contributed by atoms with Crippen LogP contribution < -0.4 is 0 Å². The first-order chi connectivity index (χ1) is 11.8. The van der Waals surface area contributed by atoms with Gasteiger partial charge in [-0.1, -0.05) is 18.2 Å². The van der Waals surface area contributed by atoms with Gasteiger partial charge in [0.1, 0.15) is 0 Å². The Morgan fingerprint density at radius 1 is 1.08 bits per heavy atom. The van der Waals surface area contributed by atoms with E-state index in [1.165, 1.54) is 11.0 Å². The molecule has 25 heavy (non-hydrogen) atoms. The predicted octanol–water partition coefficient (Wildman–Crippen LogP) is 3.19. The van der Waals surface area contributed by atoms with Gasteiger partial charge in [0.15, 0.2) is 0 Å². The molecule has 7 heteroatoms. The van der Waals surface area contributed by atoms with Gasteiger partial charge in [-0.25, -0.2) is 0 Å². The van der Waals surface area contributed by atoms with Crippen molar-refractivity contribution in [1.82, 2.24) is 14.8 Å². The van der Waals surface area contributed by atoms with Gasteiger partial charge in [-0.2, -0.15) is 13.2 Å². The first-order valence-corrected chi connectivity index (χ1v) is 7.73. The molecule has 134 valence electrons. The Morgan fingerprint density at radius 3 is 2.44 bits per heavy atom. The van der Waals surface area contributed by atoms with Crippen LogP contribution in [0.3, 0.4) is 0 Å². The van der Waals surface area contributed by atoms with Crippen LogP contribution in [-0.2, 0) is 24.1 Å². The van der Waals surface area contributed by atoms with Crippen LogP contribution in [0.2, 0.25) is 0 Å². The lowest BCUT2D eigenvalue weighted by molar-refractivity contribution is -0.137. The number of amides is 1. The number of carbonyl (C=O) groups excluding carboxylic acids is 1. The van der Waals surface area contributed by atoms with Crippen molar-refractivity contribution < 1.29 is 18.0 Å². The van der Waals surface area contributed by atoms with E-state index in [-0.39, 0.29) is 19.0 Å². The second-order valence-corrected chi connectivity index (χ2v) is 5.98. The van der Waals surface area contributed by atoms with Crippen LogP contribution in [0.5, 0.6) is 0 Å². The number of benzene rings is 1. The van der Waals surface area contributed by atoms with Gasteiger partial charge in [0.05, 0.1) is 12.1 Å². The van der Waals surface area contributed by atoms with E-state index in [1.807, 2.05) is 24.1 Å². The number of nitrogens with zero attached hydrogens (tertiary/aromatic N) is 3. The van der Waals surface area contributed by atoms with Crippen LogP contribution in [-0.4, -0.2) is 41.3 Å². The molecule has 2 aromatic rings. The van der Waals surface area contributed by atoms with Crippen LogP contribution >= 0.6 is 0 Å². The van der Waals surface area contributed by atoms with Crippen LogP contribution in [0.15, 0.2) is 48.8 Å². The molecule has 0 aliphatic rings. The Kier molecular flexibility index (Phi) is 6.14. The van der Waals surface area contributed by atoms with Gasteiger partial charge in [0.25, 0.3) is 0 Å². The Bertz CT molecular complexity index is 704. The molecule has 1 aromatic heterocycles. The molecular formula is C18H20F3N3O. The quantitative estimate of drug-likeness (QED) is 0.802. The minimum Gasteiger partial charge on any atom is -0.340 e. The van der Waals surface area contributed by atoms with E-state index in [1.54, 1.807) is 25.5 Å². The van der Waals surface area contributed by atoms with Crippen LogP contribution in [0.4, 0.5) is 13.2 Å². The molecule has 0 fully saturated rings. The van der Waals surface area contributed by atoms with Crippen molar-refractivity contribution in [2.75, 3.05) is 20.6 Å². The Morgan fingerprint density at radius 2 is 1.80 bits per heavy atom. The zero-order valence-corrected chi connectivity index (χ0v) is 14.1. The highest BCUT2D eigenvalue weighted by atomic mass is 19.4. The maximum absolute atomic E-state index is 12.8. The van der Waals surface area contributed by atoms with Crippen molar-refractivity contribution in [3.8, 4) is 0 Å². The Labute approximate surface area is 144 Å². The number of alkyl halides is 3. The van der Waals surface area contributed by atoms with Crippen LogP contribution in [0, 0.1) is 0 Å². The third-order valence-corrected chi connectivity index (χ3v) is 3.68. The molecule has 1 aromatic carbocycles. The number of hydrogen-bond acceptors (Lipinski definition) is 3. The first-order valence-electron chi connectivity index (χ1n) is 7.73. The summed E-state index contributed by atoms with van der Waals surface area (Å²) >= 11 is 0. The van der Waals surface area contributed by atoms with Gasteiger partial charge in [-0.3, -0.25) is 14.7 Å². The Hall–Kier alpha value is -2.41. The highest BCUT2D eigenvalue weighted by Crippen LogP contribution is 2.29. The second kappa shape index (κ2) is 8.11. The fourth-order valence-electron chi connectivity index (χ4n) is 2.42. The molecule has 1 amide bonds. The average Bonchev–Trinajstić information content (AvgIpc) is 2.55. The SMILES string of the molecule is CN(CC(=O)N(C)Cc1cccc(C(F)(F)F)c1)Cc1cccnc1. The molecule has 0 spiro atoms. The summed E-state index contributed by atoms with van der Waals surface area (Å²) in [6, 6.07) is 8.77. The summed E-state index contributed by atoms with van der Waals surface area (Å²) in [6.07, 6.45) is -0.979. The van der Waals surface area contributed by atoms with Gasteiger partial charge in [0, 0.05) is 32.5 Å². The summed E-state index contributed by atoms with van der Waals surface area (Å²) in [4.78, 5) is 19.6. The van der Waals surface area contributed by atoms with E-state index in [0.717, 1.165) is 17.7 Å². The summed E-state index contributed by atoms with van der Waals surface area (Å²) < 4.78 is 38.3. The monoisotopic (exact) mass is 351 g/mol. The Balaban J connectivity index is 1.92. The van der Waals surface area contributed by atoms with E-state index < -0.39 is 11.7 Å². The van der Waals surface area contributed by atoms with Crippen molar-refractivity contribution in [2.45, 2.75) is 19.3 Å². The lowest BCUT2D eigenvalue weighted by atomic mass is 10.1. The number of halogens is 3. The standard InChI is InChI=1S/C18H20F3N3O/c1-23(11-15-6-4-8-22-10-15)13-17(25)24(2)12-14-5-3-7-16(9-14)18(19,20)21/h3-10H,11-13H2,1-2H3. The molecule has 0 N–H and O–H groups in total. The van der Waals surface area contributed by atoms with E-state index in [0.29, 0.717) is 12.1 Å². The van der Waals surface area contributed by atoms with Crippen molar-refractivity contribution in [2.24, 2.45) is 0 Å². The maximum Gasteiger partial charge on any atom is 0.416 e. The van der Waals surface area contributed by atoms with Crippen LogP contribution in [0.1, 0.15) is 16.7 Å². The number of pyridine rings is 1. The highest BCUT2D eigenvalue weighted by Gasteiger charge is 2.30. The first kappa shape index (κ1) is 18.9. The zero-order valence-electron chi connectivity index (χ0n) is 14.1. The largest absolute Gasteiger partial charge is 0.416 e. The van der Waals surface area contributed by atoms with Gasteiger partial charge in [-0.05, 0) is 36.4 Å². The number of aromatic nitrogens is 1. The number of carbonyl (C=O) groups is 1. The molecule has 0 aliphatic heterocycles. The second-order valence-electron chi connectivity index (χ2n) is 5.98. The van der Waals surface area contributed by atoms with Gasteiger partial charge in [-0.15, -0.1) is 0 Å². The van der Waals surface area contributed by atoms with E-state index in [4.69, 9.17) is 0 Å². The predicted molar refractivity (Wildman–Crippen MR) is 88.5 cm³/mol. The molecule has 0 unspecified atom stereocenters.